The van der Waals surface area contributed by atoms with Gasteiger partial charge in [-0.2, -0.15) is 0 Å². The maximum absolute atomic E-state index is 11.4. The molecule has 0 aromatic carbocycles. The van der Waals surface area contributed by atoms with E-state index in [0.29, 0.717) is 5.75 Å². The van der Waals surface area contributed by atoms with Crippen molar-refractivity contribution in [3.05, 3.63) is 0 Å². The van der Waals surface area contributed by atoms with Crippen LogP contribution in [0, 0.1) is 5.41 Å². The van der Waals surface area contributed by atoms with Gasteiger partial charge in [0.2, 0.25) is 6.41 Å². The number of esters is 1. The molecular weight excluding hydrogens is 214 g/mol. The number of hydrogen-bond donors (Lipinski definition) is 0. The highest BCUT2D eigenvalue weighted by molar-refractivity contribution is 8.00. The van der Waals surface area contributed by atoms with Crippen molar-refractivity contribution in [2.45, 2.75) is 32.2 Å². The molecule has 2 atom stereocenters. The zero-order valence-electron chi connectivity index (χ0n) is 9.52. The Morgan fingerprint density at radius 3 is 2.53 bits per heavy atom. The van der Waals surface area contributed by atoms with Crippen LogP contribution < -0.4 is 0 Å². The predicted molar refractivity (Wildman–Crippen MR) is 59.4 cm³/mol. The van der Waals surface area contributed by atoms with Gasteiger partial charge in [-0.1, -0.05) is 20.8 Å². The van der Waals surface area contributed by atoms with Crippen LogP contribution >= 0.6 is 11.8 Å². The third-order valence-corrected chi connectivity index (χ3v) is 4.15. The van der Waals surface area contributed by atoms with Crippen LogP contribution in [-0.4, -0.2) is 41.6 Å². The summed E-state index contributed by atoms with van der Waals surface area (Å²) < 4.78 is 4.67. The van der Waals surface area contributed by atoms with Crippen LogP contribution in [0.3, 0.4) is 0 Å². The number of methoxy groups -OCH3 is 1. The Morgan fingerprint density at radius 1 is 1.53 bits per heavy atom. The second-order valence-corrected chi connectivity index (χ2v) is 5.76. The molecule has 1 amide bonds. The lowest BCUT2D eigenvalue weighted by molar-refractivity contribution is -0.149. The maximum atomic E-state index is 11.4. The molecule has 0 bridgehead atoms. The van der Waals surface area contributed by atoms with Gasteiger partial charge in [0.15, 0.2) is 0 Å². The lowest BCUT2D eigenvalue weighted by Gasteiger charge is -2.33. The minimum atomic E-state index is -0.429. The van der Waals surface area contributed by atoms with Crippen molar-refractivity contribution in [3.8, 4) is 0 Å². The Morgan fingerprint density at radius 2 is 2.13 bits per heavy atom. The van der Waals surface area contributed by atoms with E-state index in [0.717, 1.165) is 6.41 Å². The second-order valence-electron chi connectivity index (χ2n) is 4.64. The molecule has 0 N–H and O–H groups in total. The molecule has 86 valence electrons. The summed E-state index contributed by atoms with van der Waals surface area (Å²) in [5, 5.41) is 0.0408. The van der Waals surface area contributed by atoms with Gasteiger partial charge in [-0.15, -0.1) is 11.8 Å². The summed E-state index contributed by atoms with van der Waals surface area (Å²) in [5.74, 6) is 0.286. The molecule has 0 aliphatic carbocycles. The first-order chi connectivity index (χ1) is 6.91. The van der Waals surface area contributed by atoms with Gasteiger partial charge < -0.3 is 9.64 Å². The lowest BCUT2D eigenvalue weighted by Crippen LogP contribution is -2.45. The minimum absolute atomic E-state index is 0.0334. The molecule has 5 heteroatoms. The first-order valence-corrected chi connectivity index (χ1v) is 5.89. The molecule has 1 aliphatic heterocycles. The van der Waals surface area contributed by atoms with E-state index in [9.17, 15) is 9.59 Å². The highest BCUT2D eigenvalue weighted by Crippen LogP contribution is 2.39. The summed E-state index contributed by atoms with van der Waals surface area (Å²) >= 11 is 1.63. The normalized spacial score (nSPS) is 26.5. The van der Waals surface area contributed by atoms with Crippen LogP contribution in [0.4, 0.5) is 0 Å². The van der Waals surface area contributed by atoms with Crippen LogP contribution in [0.25, 0.3) is 0 Å². The van der Waals surface area contributed by atoms with Gasteiger partial charge in [0, 0.05) is 5.75 Å². The van der Waals surface area contributed by atoms with E-state index in [4.69, 9.17) is 0 Å². The van der Waals surface area contributed by atoms with Crippen molar-refractivity contribution < 1.29 is 14.3 Å². The summed E-state index contributed by atoms with van der Waals surface area (Å²) in [4.78, 5) is 24.0. The van der Waals surface area contributed by atoms with E-state index in [1.54, 1.807) is 16.7 Å². The number of rotatable bonds is 2. The molecule has 0 aromatic heterocycles. The molecule has 1 unspecified atom stereocenters. The fourth-order valence-electron chi connectivity index (χ4n) is 1.67. The Kier molecular flexibility index (Phi) is 3.65. The third kappa shape index (κ3) is 2.45. The molecule has 15 heavy (non-hydrogen) atoms. The zero-order chi connectivity index (χ0) is 11.6. The van der Waals surface area contributed by atoms with E-state index in [1.807, 2.05) is 0 Å². The topological polar surface area (TPSA) is 46.6 Å². The molecule has 0 spiro atoms. The number of thioether (sulfide) groups is 1. The third-order valence-electron chi connectivity index (χ3n) is 2.38. The maximum Gasteiger partial charge on any atom is 0.329 e. The van der Waals surface area contributed by atoms with Gasteiger partial charge in [0.05, 0.1) is 12.5 Å². The van der Waals surface area contributed by atoms with Crippen LogP contribution in [0.5, 0.6) is 0 Å². The Labute approximate surface area is 94.3 Å². The number of ether oxygens (including phenoxy) is 1. The summed E-state index contributed by atoms with van der Waals surface area (Å²) in [6.45, 7) is 6.17. The predicted octanol–water partition coefficient (Wildman–Crippen LogP) is 1.11. The lowest BCUT2D eigenvalue weighted by atomic mass is 9.95. The number of carbonyl (C=O) groups excluding carboxylic acids is 2. The summed E-state index contributed by atoms with van der Waals surface area (Å²) in [7, 11) is 1.35. The van der Waals surface area contributed by atoms with E-state index < -0.39 is 6.04 Å². The quantitative estimate of drug-likeness (QED) is 0.527. The Balaban J connectivity index is 2.83. The van der Waals surface area contributed by atoms with Gasteiger partial charge >= 0.3 is 5.97 Å². The molecule has 1 rings (SSSR count). The largest absolute Gasteiger partial charge is 0.467 e. The van der Waals surface area contributed by atoms with Gasteiger partial charge in [-0.25, -0.2) is 4.79 Å². The number of hydrogen-bond acceptors (Lipinski definition) is 4. The van der Waals surface area contributed by atoms with Crippen molar-refractivity contribution in [1.82, 2.24) is 4.90 Å². The number of carbonyl (C=O) groups is 2. The van der Waals surface area contributed by atoms with Gasteiger partial charge in [0.1, 0.15) is 6.04 Å². The Hall–Kier alpha value is -0.710. The van der Waals surface area contributed by atoms with Crippen LogP contribution in [-0.2, 0) is 14.3 Å². The highest BCUT2D eigenvalue weighted by Gasteiger charge is 2.43. The van der Waals surface area contributed by atoms with E-state index in [1.165, 1.54) is 7.11 Å². The molecular formula is C10H17NO3S. The van der Waals surface area contributed by atoms with E-state index in [2.05, 4.69) is 25.5 Å². The van der Waals surface area contributed by atoms with Gasteiger partial charge in [-0.3, -0.25) is 4.79 Å². The molecule has 0 radical (unpaired) electrons. The van der Waals surface area contributed by atoms with Crippen LogP contribution in [0.2, 0.25) is 0 Å². The monoisotopic (exact) mass is 231 g/mol. The smallest absolute Gasteiger partial charge is 0.329 e. The average molecular weight is 231 g/mol. The summed E-state index contributed by atoms with van der Waals surface area (Å²) in [6, 6.07) is -0.429. The molecule has 1 heterocycles. The first-order valence-electron chi connectivity index (χ1n) is 4.84. The van der Waals surface area contributed by atoms with Crippen molar-refractivity contribution in [2.24, 2.45) is 5.41 Å². The zero-order valence-corrected chi connectivity index (χ0v) is 10.3. The van der Waals surface area contributed by atoms with Crippen molar-refractivity contribution >= 4 is 24.1 Å². The van der Waals surface area contributed by atoms with E-state index >= 15 is 0 Å². The summed E-state index contributed by atoms with van der Waals surface area (Å²) in [5.41, 5.74) is -0.0334. The van der Waals surface area contributed by atoms with Crippen LogP contribution in [0.15, 0.2) is 0 Å². The fraction of sp³-hybridized carbons (Fsp3) is 0.800. The summed E-state index contributed by atoms with van der Waals surface area (Å²) in [6.07, 6.45) is 0.748. The second kappa shape index (κ2) is 4.43. The molecule has 4 nitrogen and oxygen atoms in total. The van der Waals surface area contributed by atoms with Gasteiger partial charge in [-0.05, 0) is 5.41 Å². The molecule has 0 aromatic rings. The van der Waals surface area contributed by atoms with Crippen LogP contribution in [0.1, 0.15) is 20.8 Å². The first kappa shape index (κ1) is 12.4. The van der Waals surface area contributed by atoms with E-state index in [-0.39, 0.29) is 16.8 Å². The fourth-order valence-corrected chi connectivity index (χ4v) is 3.21. The number of amides is 1. The van der Waals surface area contributed by atoms with Gasteiger partial charge in [0.25, 0.3) is 0 Å². The van der Waals surface area contributed by atoms with Crippen molar-refractivity contribution in [2.75, 3.05) is 12.9 Å². The number of nitrogens with zero attached hydrogens (tertiary/aromatic N) is 1. The Bertz CT molecular complexity index is 262. The SMILES string of the molecule is COC(=O)C1CS[C@H](C(C)(C)C)N1C=O. The average Bonchev–Trinajstić information content (AvgIpc) is 2.59. The molecule has 1 aliphatic rings. The highest BCUT2D eigenvalue weighted by atomic mass is 32.2. The molecule has 0 saturated carbocycles. The molecule has 1 saturated heterocycles. The standard InChI is InChI=1S/C10H17NO3S/c1-10(2,3)9-11(6-12)7(5-15-9)8(13)14-4/h6-7,9H,5H2,1-4H3/t7?,9-/m1/s1. The molecule has 1 fully saturated rings. The minimum Gasteiger partial charge on any atom is -0.467 e. The van der Waals surface area contributed by atoms with Crippen molar-refractivity contribution in [1.29, 1.82) is 0 Å². The van der Waals surface area contributed by atoms with Crippen molar-refractivity contribution in [3.63, 3.8) is 0 Å².